The summed E-state index contributed by atoms with van der Waals surface area (Å²) in [5, 5.41) is 4.95. The van der Waals surface area contributed by atoms with E-state index in [1.807, 2.05) is 17.4 Å². The van der Waals surface area contributed by atoms with E-state index >= 15 is 0 Å². The highest BCUT2D eigenvalue weighted by Crippen LogP contribution is 2.42. The van der Waals surface area contributed by atoms with Crippen LogP contribution in [0.3, 0.4) is 0 Å². The summed E-state index contributed by atoms with van der Waals surface area (Å²) < 4.78 is 4.93. The monoisotopic (exact) mass is 808 g/mol. The Hall–Kier alpha value is -7.99. The average molecular weight is 809 g/mol. The molecule has 0 unspecified atom stereocenters. The number of hydrogen-bond donors (Lipinski definition) is 0. The van der Waals surface area contributed by atoms with Gasteiger partial charge in [-0.1, -0.05) is 182 Å². The van der Waals surface area contributed by atoms with E-state index in [0.717, 1.165) is 61.2 Å². The molecule has 0 aliphatic heterocycles. The van der Waals surface area contributed by atoms with Crippen LogP contribution in [0.2, 0.25) is 0 Å². The quantitative estimate of drug-likeness (QED) is 0.161. The largest absolute Gasteiger partial charge is 0.308 e. The number of aromatic nitrogens is 4. The molecule has 62 heavy (non-hydrogen) atoms. The fraction of sp³-hybridized carbons (Fsp3) is 0. The van der Waals surface area contributed by atoms with Crippen LogP contribution in [0.1, 0.15) is 0 Å². The minimum absolute atomic E-state index is 0.602. The van der Waals surface area contributed by atoms with Gasteiger partial charge in [-0.15, -0.1) is 11.3 Å². The number of nitrogens with zero attached hydrogens (tertiary/aromatic N) is 4. The SMILES string of the molecule is c1ccc(-c2ccc(-c3nc(-c4cccc(-c5cccc6c5sc5ccccc56)c4)nc(-c4ccc(-c5ccccc5)cc4-n4c5ccccc5c5ccccc54)n3)cc2)cc1. The molecule has 0 aliphatic rings. The third-order valence-corrected chi connectivity index (χ3v) is 13.1. The summed E-state index contributed by atoms with van der Waals surface area (Å²) >= 11 is 1.84. The Morgan fingerprint density at radius 2 is 0.806 bits per heavy atom. The van der Waals surface area contributed by atoms with Gasteiger partial charge < -0.3 is 4.57 Å². The average Bonchev–Trinajstić information content (AvgIpc) is 3.90. The van der Waals surface area contributed by atoms with Gasteiger partial charge in [0.1, 0.15) is 0 Å². The molecular formula is C57H36N4S. The number of fused-ring (bicyclic) bond motifs is 6. The third-order valence-electron chi connectivity index (χ3n) is 11.9. The van der Waals surface area contributed by atoms with Crippen molar-refractivity contribution in [2.75, 3.05) is 0 Å². The van der Waals surface area contributed by atoms with Crippen LogP contribution >= 0.6 is 11.3 Å². The lowest BCUT2D eigenvalue weighted by molar-refractivity contribution is 1.06. The van der Waals surface area contributed by atoms with Gasteiger partial charge in [0.2, 0.25) is 0 Å². The van der Waals surface area contributed by atoms with E-state index in [0.29, 0.717) is 17.5 Å². The van der Waals surface area contributed by atoms with Crippen molar-refractivity contribution in [3.8, 4) is 73.2 Å². The summed E-state index contributed by atoms with van der Waals surface area (Å²) in [5.41, 5.74) is 12.9. The molecule has 3 aromatic heterocycles. The van der Waals surface area contributed by atoms with Gasteiger partial charge in [-0.2, -0.15) is 0 Å². The lowest BCUT2D eigenvalue weighted by Crippen LogP contribution is -2.04. The molecule has 4 nitrogen and oxygen atoms in total. The molecule has 9 aromatic carbocycles. The number of rotatable bonds is 7. The highest BCUT2D eigenvalue weighted by Gasteiger charge is 2.21. The van der Waals surface area contributed by atoms with Crippen molar-refractivity contribution in [2.45, 2.75) is 0 Å². The molecule has 290 valence electrons. The second-order valence-electron chi connectivity index (χ2n) is 15.6. The summed E-state index contributed by atoms with van der Waals surface area (Å²) in [6.45, 7) is 0. The van der Waals surface area contributed by atoms with E-state index in [4.69, 9.17) is 15.0 Å². The Balaban J connectivity index is 1.08. The van der Waals surface area contributed by atoms with Crippen molar-refractivity contribution in [2.24, 2.45) is 0 Å². The first-order chi connectivity index (χ1) is 30.7. The first-order valence-corrected chi connectivity index (χ1v) is 21.7. The van der Waals surface area contributed by atoms with E-state index in [9.17, 15) is 0 Å². The molecule has 5 heteroatoms. The Morgan fingerprint density at radius 1 is 0.306 bits per heavy atom. The second-order valence-corrected chi connectivity index (χ2v) is 16.6. The van der Waals surface area contributed by atoms with Gasteiger partial charge in [0.25, 0.3) is 0 Å². The van der Waals surface area contributed by atoms with E-state index in [1.165, 1.54) is 36.5 Å². The fourth-order valence-corrected chi connectivity index (χ4v) is 10.1. The van der Waals surface area contributed by atoms with E-state index in [1.54, 1.807) is 0 Å². The Kier molecular flexibility index (Phi) is 8.65. The summed E-state index contributed by atoms with van der Waals surface area (Å²) in [7, 11) is 0. The zero-order valence-corrected chi connectivity index (χ0v) is 34.3. The predicted molar refractivity (Wildman–Crippen MR) is 260 cm³/mol. The predicted octanol–water partition coefficient (Wildman–Crippen LogP) is 15.3. The van der Waals surface area contributed by atoms with Crippen LogP contribution in [-0.4, -0.2) is 19.5 Å². The van der Waals surface area contributed by atoms with Gasteiger partial charge in [0.05, 0.1) is 16.7 Å². The minimum Gasteiger partial charge on any atom is -0.308 e. The third kappa shape index (κ3) is 6.18. The second kappa shape index (κ2) is 14.9. The zero-order valence-electron chi connectivity index (χ0n) is 33.5. The van der Waals surface area contributed by atoms with Crippen molar-refractivity contribution < 1.29 is 0 Å². The van der Waals surface area contributed by atoms with Crippen molar-refractivity contribution in [3.63, 3.8) is 0 Å². The molecule has 3 heterocycles. The molecule has 0 atom stereocenters. The maximum atomic E-state index is 5.40. The molecular weight excluding hydrogens is 773 g/mol. The summed E-state index contributed by atoms with van der Waals surface area (Å²) in [4.78, 5) is 16.0. The van der Waals surface area contributed by atoms with Crippen LogP contribution in [0.25, 0.3) is 115 Å². The van der Waals surface area contributed by atoms with Crippen LogP contribution in [0.15, 0.2) is 218 Å². The highest BCUT2D eigenvalue weighted by molar-refractivity contribution is 7.26. The van der Waals surface area contributed by atoms with Gasteiger partial charge >= 0.3 is 0 Å². The standard InChI is InChI=1S/C57H36N4S/c1-3-15-37(16-4-1)39-29-31-40(32-30-39)55-58-56(43-20-13-19-42(35-43)44-24-14-25-48-47-23-9-12-28-53(47)62-54(44)48)60-57(59-55)49-34-33-41(38-17-5-2-6-18-38)36-52(49)61-50-26-10-7-21-45(50)46-22-8-11-27-51(46)61/h1-36H. The first kappa shape index (κ1) is 35.9. The molecule has 0 aliphatic carbocycles. The molecule has 0 radical (unpaired) electrons. The number of para-hydroxylation sites is 2. The van der Waals surface area contributed by atoms with Crippen LogP contribution < -0.4 is 0 Å². The Morgan fingerprint density at radius 3 is 1.53 bits per heavy atom. The van der Waals surface area contributed by atoms with Gasteiger partial charge in [0, 0.05) is 47.6 Å². The normalized spacial score (nSPS) is 11.5. The van der Waals surface area contributed by atoms with Gasteiger partial charge in [0.15, 0.2) is 17.5 Å². The topological polar surface area (TPSA) is 43.6 Å². The van der Waals surface area contributed by atoms with Gasteiger partial charge in [-0.05, 0) is 69.8 Å². The molecule has 0 fully saturated rings. The van der Waals surface area contributed by atoms with Crippen molar-refractivity contribution >= 4 is 53.3 Å². The van der Waals surface area contributed by atoms with Crippen molar-refractivity contribution in [1.82, 2.24) is 19.5 Å². The number of benzene rings is 9. The lowest BCUT2D eigenvalue weighted by Gasteiger charge is -2.16. The maximum absolute atomic E-state index is 5.40. The molecule has 12 aromatic rings. The fourth-order valence-electron chi connectivity index (χ4n) is 8.90. The van der Waals surface area contributed by atoms with Gasteiger partial charge in [-0.25, -0.2) is 15.0 Å². The van der Waals surface area contributed by atoms with E-state index < -0.39 is 0 Å². The minimum atomic E-state index is 0.602. The molecule has 0 spiro atoms. The smallest absolute Gasteiger partial charge is 0.166 e. The number of thiophene rings is 1. The summed E-state index contributed by atoms with van der Waals surface area (Å²) in [5.74, 6) is 1.83. The van der Waals surface area contributed by atoms with E-state index in [-0.39, 0.29) is 0 Å². The Bertz CT molecular complexity index is 3570. The maximum Gasteiger partial charge on any atom is 0.166 e. The van der Waals surface area contributed by atoms with E-state index in [2.05, 4.69) is 217 Å². The number of hydrogen-bond acceptors (Lipinski definition) is 4. The van der Waals surface area contributed by atoms with Gasteiger partial charge in [-0.3, -0.25) is 0 Å². The van der Waals surface area contributed by atoms with Crippen molar-refractivity contribution in [3.05, 3.63) is 218 Å². The molecule has 0 N–H and O–H groups in total. The molecule has 0 saturated carbocycles. The molecule has 0 bridgehead atoms. The first-order valence-electron chi connectivity index (χ1n) is 20.8. The van der Waals surface area contributed by atoms with Crippen LogP contribution in [0.5, 0.6) is 0 Å². The molecule has 12 rings (SSSR count). The molecule has 0 saturated heterocycles. The van der Waals surface area contributed by atoms with Crippen molar-refractivity contribution in [1.29, 1.82) is 0 Å². The lowest BCUT2D eigenvalue weighted by atomic mass is 10.00. The Labute approximate surface area is 362 Å². The van der Waals surface area contributed by atoms with Crippen LogP contribution in [0, 0.1) is 0 Å². The zero-order chi connectivity index (χ0) is 41.0. The van der Waals surface area contributed by atoms with Crippen LogP contribution in [-0.2, 0) is 0 Å². The summed E-state index contributed by atoms with van der Waals surface area (Å²) in [6.07, 6.45) is 0. The summed E-state index contributed by atoms with van der Waals surface area (Å²) in [6, 6.07) is 77.4. The molecule has 0 amide bonds. The highest BCUT2D eigenvalue weighted by atomic mass is 32.1. The van der Waals surface area contributed by atoms with Crippen LogP contribution in [0.4, 0.5) is 0 Å².